The number of nitrogens with zero attached hydrogens (tertiary/aromatic N) is 1. The Kier molecular flexibility index (Phi) is 6.14. The molecule has 2 aliphatic heterocycles. The van der Waals surface area contributed by atoms with Gasteiger partial charge in [0.05, 0.1) is 26.2 Å². The van der Waals surface area contributed by atoms with Crippen molar-refractivity contribution in [2.24, 2.45) is 5.92 Å². The summed E-state index contributed by atoms with van der Waals surface area (Å²) in [4.78, 5) is 0. The molecule has 1 N–H and O–H groups in total. The molecule has 27 heavy (non-hydrogen) atoms. The average Bonchev–Trinajstić information content (AvgIpc) is 2.64. The van der Waals surface area contributed by atoms with Gasteiger partial charge in [-0.3, -0.25) is 0 Å². The maximum absolute atomic E-state index is 11.9. The van der Waals surface area contributed by atoms with Gasteiger partial charge in [0.2, 0.25) is 0 Å². The van der Waals surface area contributed by atoms with Crippen molar-refractivity contribution < 1.29 is 26.6 Å². The summed E-state index contributed by atoms with van der Waals surface area (Å²) in [5.74, 6) is 0.585. The van der Waals surface area contributed by atoms with Crippen LogP contribution in [0.2, 0.25) is 0 Å². The van der Waals surface area contributed by atoms with Gasteiger partial charge in [0.1, 0.15) is 5.60 Å². The first kappa shape index (κ1) is 20.6. The van der Waals surface area contributed by atoms with Gasteiger partial charge in [-0.25, -0.2) is 0 Å². The minimum atomic E-state index is -0.893. The van der Waals surface area contributed by atoms with Gasteiger partial charge in [0.25, 0.3) is 0 Å². The summed E-state index contributed by atoms with van der Waals surface area (Å²) in [6.45, 7) is 0. The Morgan fingerprint density at radius 3 is 1.74 bits per heavy atom. The van der Waals surface area contributed by atoms with Crippen LogP contribution in [0, 0.1) is 5.92 Å². The molecule has 2 unspecified atom stereocenters. The van der Waals surface area contributed by atoms with Crippen LogP contribution < -0.4 is 17.0 Å². The molecule has 2 bridgehead atoms. The number of hydrogen-bond acceptors (Lipinski definition) is 1. The van der Waals surface area contributed by atoms with Crippen LogP contribution in [-0.2, 0) is 5.60 Å². The lowest BCUT2D eigenvalue weighted by Gasteiger charge is -2.54. The number of quaternary nitrogens is 1. The van der Waals surface area contributed by atoms with Crippen molar-refractivity contribution >= 4 is 0 Å². The van der Waals surface area contributed by atoms with Crippen molar-refractivity contribution in [3.8, 4) is 0 Å². The summed E-state index contributed by atoms with van der Waals surface area (Å²) in [5.41, 5.74) is 1.15. The number of fused-ring (bicyclic) bond motifs is 2. The Morgan fingerprint density at radius 1 is 0.852 bits per heavy atom. The van der Waals surface area contributed by atoms with Crippen molar-refractivity contribution in [3.05, 3.63) is 71.8 Å². The SMILES string of the molecule is C[N+]1(C)C2CCCC1CC(CC(O)(c1ccccc1)c1ccccc1)C2.[Br-]. The lowest BCUT2D eigenvalue weighted by molar-refractivity contribution is -0.950. The average molecular weight is 430 g/mol. The second kappa shape index (κ2) is 8.06. The molecule has 4 rings (SSSR count). The highest BCUT2D eigenvalue weighted by Gasteiger charge is 2.48. The summed E-state index contributed by atoms with van der Waals surface area (Å²) in [7, 11) is 4.84. The molecule has 3 heteroatoms. The van der Waals surface area contributed by atoms with Gasteiger partial charge in [-0.05, 0) is 42.7 Å². The molecule has 2 saturated heterocycles. The second-order valence-corrected chi connectivity index (χ2v) is 9.00. The summed E-state index contributed by atoms with van der Waals surface area (Å²) in [6.07, 6.45) is 7.38. The predicted molar refractivity (Wildman–Crippen MR) is 107 cm³/mol. The summed E-state index contributed by atoms with van der Waals surface area (Å²) < 4.78 is 1.19. The third kappa shape index (κ3) is 3.87. The topological polar surface area (TPSA) is 20.2 Å². The number of rotatable bonds is 4. The molecule has 2 fully saturated rings. The number of halogens is 1. The van der Waals surface area contributed by atoms with Gasteiger partial charge in [-0.1, -0.05) is 60.7 Å². The Morgan fingerprint density at radius 2 is 1.30 bits per heavy atom. The molecule has 0 saturated carbocycles. The fraction of sp³-hybridized carbons (Fsp3) is 0.500. The van der Waals surface area contributed by atoms with Crippen LogP contribution in [0.4, 0.5) is 0 Å². The van der Waals surface area contributed by atoms with E-state index in [9.17, 15) is 5.11 Å². The highest BCUT2D eigenvalue weighted by molar-refractivity contribution is 5.36. The van der Waals surface area contributed by atoms with Crippen molar-refractivity contribution in [2.45, 2.75) is 56.2 Å². The van der Waals surface area contributed by atoms with E-state index in [1.54, 1.807) is 0 Å². The third-order valence-corrected chi connectivity index (χ3v) is 7.25. The molecule has 2 aliphatic rings. The van der Waals surface area contributed by atoms with E-state index in [4.69, 9.17) is 0 Å². The number of hydrogen-bond donors (Lipinski definition) is 1. The van der Waals surface area contributed by atoms with Crippen LogP contribution in [-0.4, -0.2) is 35.8 Å². The molecule has 0 amide bonds. The van der Waals surface area contributed by atoms with E-state index < -0.39 is 5.60 Å². The quantitative estimate of drug-likeness (QED) is 0.733. The van der Waals surface area contributed by atoms with Gasteiger partial charge >= 0.3 is 0 Å². The van der Waals surface area contributed by atoms with Gasteiger partial charge in [0, 0.05) is 12.8 Å². The highest BCUT2D eigenvalue weighted by atomic mass is 79.9. The Bertz CT molecular complexity index is 675. The zero-order valence-electron chi connectivity index (χ0n) is 16.5. The zero-order valence-corrected chi connectivity index (χ0v) is 18.1. The van der Waals surface area contributed by atoms with E-state index in [2.05, 4.69) is 38.4 Å². The van der Waals surface area contributed by atoms with Crippen LogP contribution in [0.3, 0.4) is 0 Å². The smallest absolute Gasteiger partial charge is 0.115 e. The van der Waals surface area contributed by atoms with Gasteiger partial charge in [-0.2, -0.15) is 0 Å². The summed E-state index contributed by atoms with van der Waals surface area (Å²) >= 11 is 0. The maximum Gasteiger partial charge on any atom is 0.115 e. The van der Waals surface area contributed by atoms with E-state index >= 15 is 0 Å². The molecular formula is C24H32BrNO. The molecule has 2 atom stereocenters. The number of piperidine rings is 2. The van der Waals surface area contributed by atoms with Crippen molar-refractivity contribution in [3.63, 3.8) is 0 Å². The molecule has 2 aromatic carbocycles. The molecule has 0 radical (unpaired) electrons. The van der Waals surface area contributed by atoms with E-state index in [1.165, 1.54) is 36.6 Å². The lowest BCUT2D eigenvalue weighted by Crippen LogP contribution is -3.00. The molecule has 0 aliphatic carbocycles. The Hall–Kier alpha value is -1.16. The second-order valence-electron chi connectivity index (χ2n) is 9.00. The molecule has 2 nitrogen and oxygen atoms in total. The van der Waals surface area contributed by atoms with Crippen LogP contribution in [0.1, 0.15) is 49.7 Å². The normalized spacial score (nSPS) is 26.9. The van der Waals surface area contributed by atoms with Crippen molar-refractivity contribution in [1.82, 2.24) is 0 Å². The number of benzene rings is 2. The van der Waals surface area contributed by atoms with Gasteiger partial charge < -0.3 is 26.6 Å². The molecular weight excluding hydrogens is 398 g/mol. The fourth-order valence-electron chi connectivity index (χ4n) is 5.61. The minimum Gasteiger partial charge on any atom is -1.00 e. The van der Waals surface area contributed by atoms with Crippen LogP contribution >= 0.6 is 0 Å². The predicted octanol–water partition coefficient (Wildman–Crippen LogP) is 1.72. The van der Waals surface area contributed by atoms with Gasteiger partial charge in [-0.15, -0.1) is 0 Å². The molecule has 146 valence electrons. The molecule has 0 aromatic heterocycles. The van der Waals surface area contributed by atoms with E-state index in [0.29, 0.717) is 5.92 Å². The molecule has 0 spiro atoms. The van der Waals surface area contributed by atoms with E-state index in [1.807, 2.05) is 36.4 Å². The molecule has 2 heterocycles. The Balaban J connectivity index is 0.00000210. The van der Waals surface area contributed by atoms with Crippen molar-refractivity contribution in [2.75, 3.05) is 14.1 Å². The first-order valence-corrected chi connectivity index (χ1v) is 10.2. The van der Waals surface area contributed by atoms with E-state index in [-0.39, 0.29) is 17.0 Å². The highest BCUT2D eigenvalue weighted by Crippen LogP contribution is 2.45. The van der Waals surface area contributed by atoms with Crippen LogP contribution in [0.25, 0.3) is 0 Å². The standard InChI is InChI=1S/C24H32NO.BrH/c1-25(2)22-14-9-15-23(25)17-19(16-22)18-24(26,20-10-5-3-6-11-20)21-12-7-4-8-13-21;/h3-8,10-13,19,22-23,26H,9,14-18H2,1-2H3;1H/q+1;/p-1. The largest absolute Gasteiger partial charge is 1.00 e. The van der Waals surface area contributed by atoms with Crippen LogP contribution in [0.5, 0.6) is 0 Å². The lowest BCUT2D eigenvalue weighted by atomic mass is 9.70. The summed E-state index contributed by atoms with van der Waals surface area (Å²) in [6, 6.07) is 22.0. The fourth-order valence-corrected chi connectivity index (χ4v) is 5.61. The zero-order chi connectivity index (χ0) is 18.2. The first-order chi connectivity index (χ1) is 12.5. The third-order valence-electron chi connectivity index (χ3n) is 7.25. The minimum absolute atomic E-state index is 0. The van der Waals surface area contributed by atoms with Gasteiger partial charge in [0.15, 0.2) is 0 Å². The van der Waals surface area contributed by atoms with Crippen molar-refractivity contribution in [1.29, 1.82) is 0 Å². The Labute approximate surface area is 174 Å². The first-order valence-electron chi connectivity index (χ1n) is 10.2. The number of aliphatic hydroxyl groups is 1. The monoisotopic (exact) mass is 429 g/mol. The maximum atomic E-state index is 11.9. The summed E-state index contributed by atoms with van der Waals surface area (Å²) in [5, 5.41) is 11.9. The molecule has 2 aromatic rings. The van der Waals surface area contributed by atoms with E-state index in [0.717, 1.165) is 29.6 Å². The van der Waals surface area contributed by atoms with Crippen LogP contribution in [0.15, 0.2) is 60.7 Å².